The number of hydrogen-bond acceptors (Lipinski definition) is 5. The van der Waals surface area contributed by atoms with E-state index in [0.717, 1.165) is 25.9 Å². The molecular formula is C19H32IN3O4S. The van der Waals surface area contributed by atoms with Gasteiger partial charge in [0.2, 0.25) is 0 Å². The molecule has 0 spiro atoms. The predicted octanol–water partition coefficient (Wildman–Crippen LogP) is 2.22. The summed E-state index contributed by atoms with van der Waals surface area (Å²) in [7, 11) is -3.29. The Kier molecular flexibility index (Phi) is 12.7. The number of sulfone groups is 1. The van der Waals surface area contributed by atoms with Crippen LogP contribution in [-0.2, 0) is 19.3 Å². The molecule has 7 nitrogen and oxygen atoms in total. The van der Waals surface area contributed by atoms with Gasteiger partial charge in [0.25, 0.3) is 0 Å². The van der Waals surface area contributed by atoms with Crippen molar-refractivity contribution in [2.75, 3.05) is 45.2 Å². The molecule has 0 saturated carbocycles. The number of aliphatic imine (C=N–C) groups is 1. The Hall–Kier alpha value is -0.910. The summed E-state index contributed by atoms with van der Waals surface area (Å²) in [4.78, 5) is 4.81. The van der Waals surface area contributed by atoms with Crippen LogP contribution >= 0.6 is 24.0 Å². The second-order valence-corrected chi connectivity index (χ2v) is 8.49. The Morgan fingerprint density at radius 3 is 2.75 bits per heavy atom. The molecule has 1 aromatic rings. The average molecular weight is 525 g/mol. The van der Waals surface area contributed by atoms with E-state index in [1.807, 2.05) is 6.92 Å². The van der Waals surface area contributed by atoms with E-state index in [-0.39, 0.29) is 35.8 Å². The third kappa shape index (κ3) is 9.53. The first-order valence-electron chi connectivity index (χ1n) is 9.61. The lowest BCUT2D eigenvalue weighted by Crippen LogP contribution is -2.39. The van der Waals surface area contributed by atoms with Crippen molar-refractivity contribution in [1.29, 1.82) is 0 Å². The summed E-state index contributed by atoms with van der Waals surface area (Å²) < 4.78 is 35.7. The Morgan fingerprint density at radius 1 is 1.29 bits per heavy atom. The molecule has 1 atom stereocenters. The molecule has 1 aliphatic rings. The van der Waals surface area contributed by atoms with Crippen molar-refractivity contribution < 1.29 is 17.9 Å². The Morgan fingerprint density at radius 2 is 2.07 bits per heavy atom. The zero-order chi connectivity index (χ0) is 19.4. The normalized spacial score (nSPS) is 17.2. The number of halogens is 1. The summed E-state index contributed by atoms with van der Waals surface area (Å²) in [6.45, 7) is 5.75. The van der Waals surface area contributed by atoms with Crippen LogP contribution in [0.2, 0.25) is 0 Å². The summed E-state index contributed by atoms with van der Waals surface area (Å²) in [6.07, 6.45) is 3.26. The van der Waals surface area contributed by atoms with Crippen LogP contribution in [0.3, 0.4) is 0 Å². The van der Waals surface area contributed by atoms with Crippen LogP contribution in [-0.4, -0.2) is 65.7 Å². The van der Waals surface area contributed by atoms with E-state index in [0.29, 0.717) is 43.7 Å². The fourth-order valence-electron chi connectivity index (χ4n) is 2.74. The zero-order valence-corrected chi connectivity index (χ0v) is 19.6. The van der Waals surface area contributed by atoms with Crippen LogP contribution in [0.4, 0.5) is 0 Å². The first kappa shape index (κ1) is 25.1. The van der Waals surface area contributed by atoms with Gasteiger partial charge in [-0.05, 0) is 38.3 Å². The van der Waals surface area contributed by atoms with Crippen molar-refractivity contribution in [2.24, 2.45) is 4.99 Å². The Bertz CT molecular complexity index is 665. The van der Waals surface area contributed by atoms with Gasteiger partial charge in [-0.25, -0.2) is 8.42 Å². The zero-order valence-electron chi connectivity index (χ0n) is 16.4. The first-order valence-corrected chi connectivity index (χ1v) is 11.3. The topological polar surface area (TPSA) is 89.0 Å². The molecule has 0 aliphatic carbocycles. The van der Waals surface area contributed by atoms with E-state index in [2.05, 4.69) is 15.6 Å². The lowest BCUT2D eigenvalue weighted by molar-refractivity contribution is 0.0171. The van der Waals surface area contributed by atoms with Gasteiger partial charge in [-0.2, -0.15) is 0 Å². The third-order valence-corrected chi connectivity index (χ3v) is 5.89. The number of nitrogens with zero attached hydrogens (tertiary/aromatic N) is 1. The molecule has 2 N–H and O–H groups in total. The predicted molar refractivity (Wildman–Crippen MR) is 122 cm³/mol. The molecule has 1 unspecified atom stereocenters. The van der Waals surface area contributed by atoms with Crippen molar-refractivity contribution in [3.63, 3.8) is 0 Å². The van der Waals surface area contributed by atoms with Crippen molar-refractivity contribution in [2.45, 2.75) is 37.2 Å². The first-order chi connectivity index (χ1) is 13.1. The maximum absolute atomic E-state index is 12.3. The molecule has 0 amide bonds. The highest BCUT2D eigenvalue weighted by molar-refractivity contribution is 14.0. The van der Waals surface area contributed by atoms with Crippen LogP contribution < -0.4 is 10.6 Å². The smallest absolute Gasteiger partial charge is 0.191 e. The minimum atomic E-state index is -3.29. The van der Waals surface area contributed by atoms with Crippen molar-refractivity contribution in [1.82, 2.24) is 10.6 Å². The molecule has 1 heterocycles. The highest BCUT2D eigenvalue weighted by atomic mass is 127. The Labute approximate surface area is 185 Å². The van der Waals surface area contributed by atoms with Crippen LogP contribution in [0.25, 0.3) is 0 Å². The van der Waals surface area contributed by atoms with Gasteiger partial charge in [0, 0.05) is 32.8 Å². The van der Waals surface area contributed by atoms with Crippen LogP contribution in [0, 0.1) is 0 Å². The third-order valence-electron chi connectivity index (χ3n) is 4.15. The summed E-state index contributed by atoms with van der Waals surface area (Å²) in [5.74, 6) is 0.645. The molecule has 0 bridgehead atoms. The number of hydrogen-bond donors (Lipinski definition) is 2. The highest BCUT2D eigenvalue weighted by Crippen LogP contribution is 2.12. The second-order valence-electron chi connectivity index (χ2n) is 6.38. The molecule has 0 radical (unpaired) electrons. The number of nitrogens with one attached hydrogen (secondary N) is 2. The molecule has 1 saturated heterocycles. The van der Waals surface area contributed by atoms with E-state index in [9.17, 15) is 8.42 Å². The SMILES string of the molecule is CCNC(=NCCCOCC1CCCO1)NCCS(=O)(=O)c1ccccc1.I. The van der Waals surface area contributed by atoms with E-state index in [1.165, 1.54) is 0 Å². The Balaban J connectivity index is 0.00000392. The van der Waals surface area contributed by atoms with Gasteiger partial charge in [-0.15, -0.1) is 24.0 Å². The molecule has 1 fully saturated rings. The maximum atomic E-state index is 12.3. The molecule has 9 heteroatoms. The minimum absolute atomic E-state index is 0. The van der Waals surface area contributed by atoms with Crippen LogP contribution in [0.15, 0.2) is 40.2 Å². The summed E-state index contributed by atoms with van der Waals surface area (Å²) in [6, 6.07) is 8.49. The summed E-state index contributed by atoms with van der Waals surface area (Å²) in [5, 5.41) is 6.21. The van der Waals surface area contributed by atoms with Gasteiger partial charge in [0.05, 0.1) is 23.4 Å². The lowest BCUT2D eigenvalue weighted by atomic mass is 10.2. The van der Waals surface area contributed by atoms with Gasteiger partial charge in [0.15, 0.2) is 15.8 Å². The molecule has 160 valence electrons. The average Bonchev–Trinajstić information content (AvgIpc) is 3.18. The fraction of sp³-hybridized carbons (Fsp3) is 0.632. The van der Waals surface area contributed by atoms with Gasteiger partial charge in [-0.1, -0.05) is 18.2 Å². The van der Waals surface area contributed by atoms with Gasteiger partial charge in [-0.3, -0.25) is 4.99 Å². The lowest BCUT2D eigenvalue weighted by Gasteiger charge is -2.12. The molecular weight excluding hydrogens is 493 g/mol. The van der Waals surface area contributed by atoms with E-state index >= 15 is 0 Å². The quantitative estimate of drug-likeness (QED) is 0.199. The highest BCUT2D eigenvalue weighted by Gasteiger charge is 2.15. The van der Waals surface area contributed by atoms with E-state index in [4.69, 9.17) is 9.47 Å². The van der Waals surface area contributed by atoms with E-state index < -0.39 is 9.84 Å². The standard InChI is InChI=1S/C19H31N3O4S.HI/c1-2-20-19(21-11-7-13-25-16-17-8-6-14-26-17)22-12-15-27(23,24)18-9-4-3-5-10-18;/h3-5,9-10,17H,2,6-8,11-16H2,1H3,(H2,20,21,22);1H. The van der Waals surface area contributed by atoms with Crippen molar-refractivity contribution in [3.8, 4) is 0 Å². The molecule has 28 heavy (non-hydrogen) atoms. The second kappa shape index (κ2) is 14.1. The van der Waals surface area contributed by atoms with Crippen LogP contribution in [0.1, 0.15) is 26.2 Å². The number of guanidine groups is 1. The monoisotopic (exact) mass is 525 g/mol. The number of benzene rings is 1. The van der Waals surface area contributed by atoms with E-state index in [1.54, 1.807) is 30.3 Å². The fourth-order valence-corrected chi connectivity index (χ4v) is 3.92. The summed E-state index contributed by atoms with van der Waals surface area (Å²) >= 11 is 0. The van der Waals surface area contributed by atoms with Crippen molar-refractivity contribution >= 4 is 39.8 Å². The largest absolute Gasteiger partial charge is 0.379 e. The van der Waals surface area contributed by atoms with Gasteiger partial charge in [0.1, 0.15) is 0 Å². The molecule has 1 aliphatic heterocycles. The molecule has 1 aromatic carbocycles. The minimum Gasteiger partial charge on any atom is -0.379 e. The van der Waals surface area contributed by atoms with Gasteiger partial charge >= 0.3 is 0 Å². The molecule has 2 rings (SSSR count). The summed E-state index contributed by atoms with van der Waals surface area (Å²) in [5.41, 5.74) is 0. The van der Waals surface area contributed by atoms with Crippen LogP contribution in [0.5, 0.6) is 0 Å². The van der Waals surface area contributed by atoms with Gasteiger partial charge < -0.3 is 20.1 Å². The maximum Gasteiger partial charge on any atom is 0.191 e. The number of ether oxygens (including phenoxy) is 2. The molecule has 0 aromatic heterocycles. The van der Waals surface area contributed by atoms with Crippen molar-refractivity contribution in [3.05, 3.63) is 30.3 Å². The number of rotatable bonds is 11.